The molecule has 0 spiro atoms. The molecule has 3 aromatic rings. The van der Waals surface area contributed by atoms with Crippen LogP contribution in [0, 0.1) is 19.7 Å². The monoisotopic (exact) mass is 351 g/mol. The van der Waals surface area contributed by atoms with E-state index in [4.69, 9.17) is 9.84 Å². The molecule has 1 aliphatic heterocycles. The van der Waals surface area contributed by atoms with Gasteiger partial charge in [-0.2, -0.15) is 5.10 Å². The smallest absolute Gasteiger partial charge is 0.126 e. The first-order valence-corrected chi connectivity index (χ1v) is 8.95. The highest BCUT2D eigenvalue weighted by molar-refractivity contribution is 5.65. The van der Waals surface area contributed by atoms with Gasteiger partial charge in [0.2, 0.25) is 0 Å². The molecule has 4 nitrogen and oxygen atoms in total. The van der Waals surface area contributed by atoms with Crippen molar-refractivity contribution < 1.29 is 9.13 Å². The number of ether oxygens (including phenoxy) is 1. The standard InChI is InChI=1S/C21H22FN3O/c1-13-10-17(4-5-19(13)22)25-20-12-15(3)26-9-7-18(20)21(24-25)16-6-8-23-14(2)11-16/h4-6,8,10-11,15H,7,9,12H2,1-3H3/t15-/m1/s1. The third kappa shape index (κ3) is 3.03. The summed E-state index contributed by atoms with van der Waals surface area (Å²) in [6.45, 7) is 6.52. The summed E-state index contributed by atoms with van der Waals surface area (Å²) in [5.41, 5.74) is 6.83. The number of fused-ring (bicyclic) bond motifs is 1. The van der Waals surface area contributed by atoms with Crippen LogP contribution < -0.4 is 0 Å². The Kier molecular flexibility index (Phi) is 4.32. The van der Waals surface area contributed by atoms with E-state index in [-0.39, 0.29) is 11.9 Å². The fourth-order valence-electron chi connectivity index (χ4n) is 3.55. The molecule has 0 bridgehead atoms. The van der Waals surface area contributed by atoms with Gasteiger partial charge in [0, 0.05) is 29.4 Å². The quantitative estimate of drug-likeness (QED) is 0.695. The number of pyridine rings is 1. The van der Waals surface area contributed by atoms with E-state index in [9.17, 15) is 4.39 Å². The van der Waals surface area contributed by atoms with Crippen LogP contribution in [0.25, 0.3) is 16.9 Å². The number of aryl methyl sites for hydroxylation is 2. The van der Waals surface area contributed by atoms with E-state index in [0.29, 0.717) is 12.2 Å². The largest absolute Gasteiger partial charge is 0.378 e. The normalized spacial score (nSPS) is 17.0. The van der Waals surface area contributed by atoms with Crippen LogP contribution in [0.15, 0.2) is 36.5 Å². The maximum atomic E-state index is 13.7. The topological polar surface area (TPSA) is 39.9 Å². The summed E-state index contributed by atoms with van der Waals surface area (Å²) < 4.78 is 21.6. The number of hydrogen-bond acceptors (Lipinski definition) is 3. The van der Waals surface area contributed by atoms with Crippen molar-refractivity contribution in [2.24, 2.45) is 0 Å². The molecule has 0 radical (unpaired) electrons. The van der Waals surface area contributed by atoms with Gasteiger partial charge in [-0.15, -0.1) is 0 Å². The molecule has 0 unspecified atom stereocenters. The minimum atomic E-state index is -0.200. The maximum Gasteiger partial charge on any atom is 0.126 e. The van der Waals surface area contributed by atoms with Gasteiger partial charge < -0.3 is 4.74 Å². The SMILES string of the molecule is Cc1cc(-c2nn(-c3ccc(F)c(C)c3)c3c2CCO[C@H](C)C3)ccn1. The van der Waals surface area contributed by atoms with Gasteiger partial charge >= 0.3 is 0 Å². The molecule has 1 aliphatic rings. The lowest BCUT2D eigenvalue weighted by molar-refractivity contribution is 0.0735. The number of nitrogens with zero attached hydrogens (tertiary/aromatic N) is 3. The zero-order valence-electron chi connectivity index (χ0n) is 15.3. The molecule has 2 aromatic heterocycles. The Bertz CT molecular complexity index is 964. The van der Waals surface area contributed by atoms with E-state index in [1.807, 2.05) is 29.9 Å². The van der Waals surface area contributed by atoms with Gasteiger partial charge in [-0.1, -0.05) is 0 Å². The van der Waals surface area contributed by atoms with Crippen molar-refractivity contribution in [1.29, 1.82) is 0 Å². The van der Waals surface area contributed by atoms with E-state index in [2.05, 4.69) is 18.0 Å². The van der Waals surface area contributed by atoms with E-state index in [1.54, 1.807) is 13.0 Å². The van der Waals surface area contributed by atoms with Crippen LogP contribution >= 0.6 is 0 Å². The minimum Gasteiger partial charge on any atom is -0.378 e. The van der Waals surface area contributed by atoms with Crippen LogP contribution in [0.1, 0.15) is 29.4 Å². The lowest BCUT2D eigenvalue weighted by Gasteiger charge is -2.12. The van der Waals surface area contributed by atoms with Crippen LogP contribution in [0.5, 0.6) is 0 Å². The summed E-state index contributed by atoms with van der Waals surface area (Å²) >= 11 is 0. The molecule has 134 valence electrons. The average molecular weight is 351 g/mol. The Morgan fingerprint density at radius 1 is 1.19 bits per heavy atom. The average Bonchev–Trinajstić information content (AvgIpc) is 2.84. The van der Waals surface area contributed by atoms with Crippen molar-refractivity contribution in [2.45, 2.75) is 39.7 Å². The third-order valence-electron chi connectivity index (χ3n) is 4.88. The number of hydrogen-bond donors (Lipinski definition) is 0. The van der Waals surface area contributed by atoms with Crippen LogP contribution in [0.3, 0.4) is 0 Å². The molecular weight excluding hydrogens is 329 g/mol. The summed E-state index contributed by atoms with van der Waals surface area (Å²) in [5, 5.41) is 4.93. The van der Waals surface area contributed by atoms with Crippen molar-refractivity contribution in [3.8, 4) is 16.9 Å². The molecule has 4 rings (SSSR count). The lowest BCUT2D eigenvalue weighted by Crippen LogP contribution is -2.13. The van der Waals surface area contributed by atoms with E-state index >= 15 is 0 Å². The zero-order valence-corrected chi connectivity index (χ0v) is 15.3. The summed E-state index contributed by atoms with van der Waals surface area (Å²) in [6, 6.07) is 9.18. The fraction of sp³-hybridized carbons (Fsp3) is 0.333. The molecular formula is C21H22FN3O. The van der Waals surface area contributed by atoms with Crippen LogP contribution in [0.2, 0.25) is 0 Å². The summed E-state index contributed by atoms with van der Waals surface area (Å²) in [5.74, 6) is -0.200. The van der Waals surface area contributed by atoms with Gasteiger partial charge in [-0.25, -0.2) is 9.07 Å². The van der Waals surface area contributed by atoms with Crippen LogP contribution in [0.4, 0.5) is 4.39 Å². The summed E-state index contributed by atoms with van der Waals surface area (Å²) in [6.07, 6.45) is 3.54. The molecule has 0 saturated heterocycles. The molecule has 1 atom stereocenters. The van der Waals surface area contributed by atoms with Gasteiger partial charge in [0.25, 0.3) is 0 Å². The zero-order chi connectivity index (χ0) is 18.3. The number of halogens is 1. The Morgan fingerprint density at radius 2 is 2.04 bits per heavy atom. The number of rotatable bonds is 2. The van der Waals surface area contributed by atoms with Crippen molar-refractivity contribution in [3.63, 3.8) is 0 Å². The first-order valence-electron chi connectivity index (χ1n) is 8.95. The molecule has 0 amide bonds. The van der Waals surface area contributed by atoms with Gasteiger partial charge in [0.15, 0.2) is 0 Å². The van der Waals surface area contributed by atoms with Crippen molar-refractivity contribution in [1.82, 2.24) is 14.8 Å². The molecule has 0 aliphatic carbocycles. The summed E-state index contributed by atoms with van der Waals surface area (Å²) in [7, 11) is 0. The first-order chi connectivity index (χ1) is 12.5. The molecule has 1 aromatic carbocycles. The minimum absolute atomic E-state index is 0.125. The fourth-order valence-corrected chi connectivity index (χ4v) is 3.55. The van der Waals surface area contributed by atoms with Gasteiger partial charge in [-0.05, 0) is 63.1 Å². The second kappa shape index (κ2) is 6.65. The van der Waals surface area contributed by atoms with Gasteiger partial charge in [0.05, 0.1) is 29.8 Å². The predicted octanol–water partition coefficient (Wildman–Crippen LogP) is 4.19. The van der Waals surface area contributed by atoms with E-state index in [1.165, 1.54) is 11.6 Å². The molecule has 3 heterocycles. The van der Waals surface area contributed by atoms with Crippen LogP contribution in [-0.2, 0) is 17.6 Å². The molecule has 0 saturated carbocycles. The number of aromatic nitrogens is 3. The number of benzene rings is 1. The van der Waals surface area contributed by atoms with Crippen molar-refractivity contribution >= 4 is 0 Å². The molecule has 26 heavy (non-hydrogen) atoms. The van der Waals surface area contributed by atoms with Gasteiger partial charge in [0.1, 0.15) is 5.82 Å². The molecule has 0 N–H and O–H groups in total. The highest BCUT2D eigenvalue weighted by Gasteiger charge is 2.24. The molecule has 0 fully saturated rings. The van der Waals surface area contributed by atoms with E-state index in [0.717, 1.165) is 41.2 Å². The summed E-state index contributed by atoms with van der Waals surface area (Å²) in [4.78, 5) is 4.29. The maximum absolute atomic E-state index is 13.7. The first kappa shape index (κ1) is 16.9. The second-order valence-electron chi connectivity index (χ2n) is 6.94. The van der Waals surface area contributed by atoms with Crippen molar-refractivity contribution in [3.05, 3.63) is 64.9 Å². The van der Waals surface area contributed by atoms with Gasteiger partial charge in [-0.3, -0.25) is 4.98 Å². The highest BCUT2D eigenvalue weighted by atomic mass is 19.1. The third-order valence-corrected chi connectivity index (χ3v) is 4.88. The second-order valence-corrected chi connectivity index (χ2v) is 6.94. The van der Waals surface area contributed by atoms with Crippen molar-refractivity contribution in [2.75, 3.05) is 6.61 Å². The van der Waals surface area contributed by atoms with E-state index < -0.39 is 0 Å². The lowest BCUT2D eigenvalue weighted by atomic mass is 10.0. The van der Waals surface area contributed by atoms with Crippen LogP contribution in [-0.4, -0.2) is 27.5 Å². The highest BCUT2D eigenvalue weighted by Crippen LogP contribution is 2.31. The predicted molar refractivity (Wildman–Crippen MR) is 99.0 cm³/mol. The Hall–Kier alpha value is -2.53. The Morgan fingerprint density at radius 3 is 2.81 bits per heavy atom. The molecule has 5 heteroatoms. The Labute approximate surface area is 152 Å². The Balaban J connectivity index is 1.92.